The smallest absolute Gasteiger partial charge is 0.309 e. The molecule has 1 amide bonds. The van der Waals surface area contributed by atoms with Gasteiger partial charge < -0.3 is 14.8 Å². The number of amides is 1. The molecule has 1 aliphatic carbocycles. The Kier molecular flexibility index (Phi) is 5.37. The summed E-state index contributed by atoms with van der Waals surface area (Å²) in [6.07, 6.45) is 6.38. The summed E-state index contributed by atoms with van der Waals surface area (Å²) in [4.78, 5) is 23.6. The van der Waals surface area contributed by atoms with E-state index in [1.165, 1.54) is 7.11 Å². The molecule has 0 aromatic heterocycles. The van der Waals surface area contributed by atoms with Gasteiger partial charge in [-0.15, -0.1) is 0 Å². The lowest BCUT2D eigenvalue weighted by Gasteiger charge is -2.16. The first kappa shape index (κ1) is 15.1. The number of ether oxygens (including phenoxy) is 2. The highest BCUT2D eigenvalue weighted by atomic mass is 16.5. The molecular weight excluding hydrogens is 270 g/mol. The monoisotopic (exact) mass is 289 g/mol. The maximum Gasteiger partial charge on any atom is 0.309 e. The molecule has 0 saturated heterocycles. The summed E-state index contributed by atoms with van der Waals surface area (Å²) in [5, 5.41) is 2.66. The predicted octanol–water partition coefficient (Wildman–Crippen LogP) is 2.53. The molecule has 1 aromatic carbocycles. The van der Waals surface area contributed by atoms with Gasteiger partial charge >= 0.3 is 5.97 Å². The van der Waals surface area contributed by atoms with E-state index in [-0.39, 0.29) is 24.4 Å². The van der Waals surface area contributed by atoms with Crippen molar-refractivity contribution in [2.24, 2.45) is 5.92 Å². The summed E-state index contributed by atoms with van der Waals surface area (Å²) in [6, 6.07) is 7.07. The third-order valence-electron chi connectivity index (χ3n) is 3.33. The summed E-state index contributed by atoms with van der Waals surface area (Å²) in [7, 11) is 1.53. The van der Waals surface area contributed by atoms with Gasteiger partial charge in [0, 0.05) is 0 Å². The molecule has 0 spiro atoms. The quantitative estimate of drug-likeness (QED) is 0.668. The Morgan fingerprint density at radius 3 is 2.81 bits per heavy atom. The van der Waals surface area contributed by atoms with Gasteiger partial charge in [0.05, 0.1) is 18.7 Å². The van der Waals surface area contributed by atoms with Gasteiger partial charge in [-0.1, -0.05) is 24.3 Å². The number of hydrogen-bond acceptors (Lipinski definition) is 4. The van der Waals surface area contributed by atoms with Crippen LogP contribution in [0.25, 0.3) is 0 Å². The number of nitrogens with one attached hydrogen (secondary N) is 1. The molecule has 1 aromatic rings. The van der Waals surface area contributed by atoms with Crippen molar-refractivity contribution in [2.45, 2.75) is 19.3 Å². The molecule has 21 heavy (non-hydrogen) atoms. The highest BCUT2D eigenvalue weighted by Crippen LogP contribution is 2.23. The number of esters is 1. The maximum atomic E-state index is 11.8. The van der Waals surface area contributed by atoms with Gasteiger partial charge in [0.25, 0.3) is 5.91 Å². The number of anilines is 1. The average Bonchev–Trinajstić information content (AvgIpc) is 2.54. The van der Waals surface area contributed by atoms with Crippen molar-refractivity contribution in [2.75, 3.05) is 19.0 Å². The number of methoxy groups -OCH3 is 1. The first-order valence-electron chi connectivity index (χ1n) is 6.95. The molecule has 5 heteroatoms. The van der Waals surface area contributed by atoms with E-state index < -0.39 is 0 Å². The van der Waals surface area contributed by atoms with E-state index in [1.54, 1.807) is 18.2 Å². The molecule has 1 atom stereocenters. The number of benzene rings is 1. The summed E-state index contributed by atoms with van der Waals surface area (Å²) in [5.41, 5.74) is 0.557. The fraction of sp³-hybridized carbons (Fsp3) is 0.375. The largest absolute Gasteiger partial charge is 0.495 e. The normalized spacial score (nSPS) is 17.1. The van der Waals surface area contributed by atoms with E-state index >= 15 is 0 Å². The molecule has 0 bridgehead atoms. The standard InChI is InChI=1S/C16H19NO4/c1-20-14-10-6-5-9-13(14)17-15(18)11-21-16(19)12-7-3-2-4-8-12/h2-3,5-6,9-10,12H,4,7-8,11H2,1H3,(H,17,18). The summed E-state index contributed by atoms with van der Waals surface area (Å²) < 4.78 is 10.2. The van der Waals surface area contributed by atoms with E-state index in [4.69, 9.17) is 9.47 Å². The highest BCUT2D eigenvalue weighted by molar-refractivity contribution is 5.94. The Morgan fingerprint density at radius 2 is 2.10 bits per heavy atom. The van der Waals surface area contributed by atoms with Crippen molar-refractivity contribution >= 4 is 17.6 Å². The van der Waals surface area contributed by atoms with Crippen molar-refractivity contribution in [3.05, 3.63) is 36.4 Å². The lowest BCUT2D eigenvalue weighted by Crippen LogP contribution is -2.25. The Bertz CT molecular complexity index is 539. The summed E-state index contributed by atoms with van der Waals surface area (Å²) >= 11 is 0. The van der Waals surface area contributed by atoms with Gasteiger partial charge in [-0.3, -0.25) is 9.59 Å². The maximum absolute atomic E-state index is 11.8. The minimum atomic E-state index is -0.376. The fourth-order valence-electron chi connectivity index (χ4n) is 2.20. The van der Waals surface area contributed by atoms with Crippen LogP contribution in [0.4, 0.5) is 5.69 Å². The molecule has 0 fully saturated rings. The number of hydrogen-bond donors (Lipinski definition) is 1. The van der Waals surface area contributed by atoms with Crippen molar-refractivity contribution in [1.29, 1.82) is 0 Å². The average molecular weight is 289 g/mol. The highest BCUT2D eigenvalue weighted by Gasteiger charge is 2.21. The minimum Gasteiger partial charge on any atom is -0.495 e. The molecule has 1 unspecified atom stereocenters. The van der Waals surface area contributed by atoms with Gasteiger partial charge in [-0.25, -0.2) is 0 Å². The van der Waals surface area contributed by atoms with Crippen LogP contribution in [-0.4, -0.2) is 25.6 Å². The molecule has 0 radical (unpaired) electrons. The molecular formula is C16H19NO4. The van der Waals surface area contributed by atoms with Gasteiger partial charge in [0.15, 0.2) is 6.61 Å². The zero-order valence-electron chi connectivity index (χ0n) is 12.0. The van der Waals surface area contributed by atoms with E-state index in [0.717, 1.165) is 12.8 Å². The Morgan fingerprint density at radius 1 is 1.29 bits per heavy atom. The molecule has 2 rings (SSSR count). The Hall–Kier alpha value is -2.30. The van der Waals surface area contributed by atoms with Crippen molar-refractivity contribution in [3.8, 4) is 5.75 Å². The third kappa shape index (κ3) is 4.34. The van der Waals surface area contributed by atoms with Crippen LogP contribution in [0.1, 0.15) is 19.3 Å². The Labute approximate surface area is 123 Å². The van der Waals surface area contributed by atoms with Gasteiger partial charge in [0.1, 0.15) is 5.75 Å². The molecule has 0 aliphatic heterocycles. The van der Waals surface area contributed by atoms with E-state index in [1.807, 2.05) is 12.1 Å². The molecule has 0 saturated carbocycles. The number of rotatable bonds is 5. The van der Waals surface area contributed by atoms with Gasteiger partial charge in [-0.05, 0) is 31.4 Å². The van der Waals surface area contributed by atoms with Crippen LogP contribution in [0.5, 0.6) is 5.75 Å². The molecule has 1 aliphatic rings. The lowest BCUT2D eigenvalue weighted by atomic mass is 9.95. The second-order valence-corrected chi connectivity index (χ2v) is 4.84. The molecule has 5 nitrogen and oxygen atoms in total. The van der Waals surface area contributed by atoms with E-state index in [0.29, 0.717) is 17.9 Å². The third-order valence-corrected chi connectivity index (χ3v) is 3.33. The zero-order valence-corrected chi connectivity index (χ0v) is 12.0. The minimum absolute atomic E-state index is 0.130. The number of carbonyl (C=O) groups excluding carboxylic acids is 2. The topological polar surface area (TPSA) is 64.6 Å². The van der Waals surface area contributed by atoms with Crippen LogP contribution in [0, 0.1) is 5.92 Å². The number of para-hydroxylation sites is 2. The lowest BCUT2D eigenvalue weighted by molar-refractivity contribution is -0.151. The number of allylic oxidation sites excluding steroid dienone is 2. The molecule has 112 valence electrons. The van der Waals surface area contributed by atoms with Gasteiger partial charge in [-0.2, -0.15) is 0 Å². The first-order valence-corrected chi connectivity index (χ1v) is 6.95. The molecule has 1 N–H and O–H groups in total. The van der Waals surface area contributed by atoms with E-state index in [2.05, 4.69) is 11.4 Å². The second kappa shape index (κ2) is 7.47. The predicted molar refractivity (Wildman–Crippen MR) is 79.1 cm³/mol. The van der Waals surface area contributed by atoms with E-state index in [9.17, 15) is 9.59 Å². The van der Waals surface area contributed by atoms with Crippen LogP contribution in [0.3, 0.4) is 0 Å². The zero-order chi connectivity index (χ0) is 15.1. The Balaban J connectivity index is 1.82. The van der Waals surface area contributed by atoms with Crippen molar-refractivity contribution < 1.29 is 19.1 Å². The van der Waals surface area contributed by atoms with Crippen molar-refractivity contribution in [1.82, 2.24) is 0 Å². The van der Waals surface area contributed by atoms with Crippen LogP contribution in [0.2, 0.25) is 0 Å². The summed E-state index contributed by atoms with van der Waals surface area (Å²) in [5.74, 6) is -0.252. The SMILES string of the molecule is COc1ccccc1NC(=O)COC(=O)C1CC=CCC1. The first-order chi connectivity index (χ1) is 10.2. The number of carbonyl (C=O) groups is 2. The second-order valence-electron chi connectivity index (χ2n) is 4.84. The van der Waals surface area contributed by atoms with Crippen LogP contribution >= 0.6 is 0 Å². The van der Waals surface area contributed by atoms with Gasteiger partial charge in [0.2, 0.25) is 0 Å². The van der Waals surface area contributed by atoms with Crippen LogP contribution < -0.4 is 10.1 Å². The van der Waals surface area contributed by atoms with Crippen LogP contribution in [-0.2, 0) is 14.3 Å². The summed E-state index contributed by atoms with van der Waals surface area (Å²) in [6.45, 7) is -0.281. The molecule has 0 heterocycles. The fourth-order valence-corrected chi connectivity index (χ4v) is 2.20. The van der Waals surface area contributed by atoms with Crippen molar-refractivity contribution in [3.63, 3.8) is 0 Å². The van der Waals surface area contributed by atoms with Crippen LogP contribution in [0.15, 0.2) is 36.4 Å².